The summed E-state index contributed by atoms with van der Waals surface area (Å²) in [6.45, 7) is 0.530. The van der Waals surface area contributed by atoms with Crippen molar-refractivity contribution >= 4 is 17.7 Å². The van der Waals surface area contributed by atoms with Gasteiger partial charge in [0.1, 0.15) is 16.9 Å². The predicted molar refractivity (Wildman–Crippen MR) is 73.5 cm³/mol. The number of thioether (sulfide) groups is 1. The van der Waals surface area contributed by atoms with E-state index in [1.165, 1.54) is 12.1 Å². The first-order valence-corrected chi connectivity index (χ1v) is 7.20. The third kappa shape index (κ3) is 2.53. The number of nitrogens with zero attached hydrogens (tertiary/aromatic N) is 4. The number of benzene rings is 1. The van der Waals surface area contributed by atoms with Crippen LogP contribution in [-0.4, -0.2) is 38.6 Å². The number of carbonyl (C=O) groups is 1. The van der Waals surface area contributed by atoms with E-state index < -0.39 is 0 Å². The average molecular weight is 292 g/mol. The molecule has 5 nitrogen and oxygen atoms in total. The monoisotopic (exact) mass is 292 g/mol. The molecule has 1 saturated heterocycles. The molecule has 1 atom stereocenters. The number of hydrogen-bond acceptors (Lipinski definition) is 4. The van der Waals surface area contributed by atoms with Crippen molar-refractivity contribution in [1.82, 2.24) is 19.9 Å². The van der Waals surface area contributed by atoms with Gasteiger partial charge in [0.25, 0.3) is 0 Å². The lowest BCUT2D eigenvalue weighted by Crippen LogP contribution is -2.23. The van der Waals surface area contributed by atoms with Crippen LogP contribution in [0, 0.1) is 5.82 Å². The minimum Gasteiger partial charge on any atom is -0.327 e. The van der Waals surface area contributed by atoms with Gasteiger partial charge < -0.3 is 4.90 Å². The fourth-order valence-electron chi connectivity index (χ4n) is 2.06. The van der Waals surface area contributed by atoms with E-state index in [1.54, 1.807) is 40.5 Å². The van der Waals surface area contributed by atoms with Crippen LogP contribution >= 0.6 is 11.8 Å². The minimum atomic E-state index is -0.254. The van der Waals surface area contributed by atoms with Gasteiger partial charge in [0, 0.05) is 7.05 Å². The molecule has 2 heterocycles. The molecule has 1 aromatic heterocycles. The van der Waals surface area contributed by atoms with Crippen molar-refractivity contribution in [2.24, 2.45) is 0 Å². The molecule has 20 heavy (non-hydrogen) atoms. The molecule has 1 unspecified atom stereocenters. The molecule has 1 amide bonds. The molecule has 1 fully saturated rings. The first-order chi connectivity index (χ1) is 9.63. The molecule has 104 valence electrons. The molecule has 1 aromatic carbocycles. The molecule has 3 rings (SSSR count). The van der Waals surface area contributed by atoms with Crippen LogP contribution in [0.5, 0.6) is 0 Å². The van der Waals surface area contributed by atoms with Crippen LogP contribution in [0.4, 0.5) is 4.39 Å². The van der Waals surface area contributed by atoms with Crippen LogP contribution < -0.4 is 0 Å². The van der Waals surface area contributed by atoms with Crippen LogP contribution in [0.15, 0.2) is 30.5 Å². The molecular formula is C13H13FN4OS. The lowest BCUT2D eigenvalue weighted by atomic mass is 10.2. The van der Waals surface area contributed by atoms with Gasteiger partial charge in [-0.05, 0) is 17.7 Å². The quantitative estimate of drug-likeness (QED) is 0.863. The highest BCUT2D eigenvalue weighted by atomic mass is 32.2. The van der Waals surface area contributed by atoms with Gasteiger partial charge in [-0.15, -0.1) is 16.9 Å². The van der Waals surface area contributed by atoms with Crippen molar-refractivity contribution in [3.63, 3.8) is 0 Å². The van der Waals surface area contributed by atoms with Crippen LogP contribution in [0.25, 0.3) is 0 Å². The summed E-state index contributed by atoms with van der Waals surface area (Å²) < 4.78 is 14.5. The summed E-state index contributed by atoms with van der Waals surface area (Å²) in [5.74, 6) is 0.329. The predicted octanol–water partition coefficient (Wildman–Crippen LogP) is 1.67. The standard InChI is InChI=1S/C13H13FN4OS/c1-17-12(19)8-20-13(17)11-7-18(16-15-11)6-9-2-4-10(14)5-3-9/h2-5,7,13H,6,8H2,1H3. The first kappa shape index (κ1) is 13.1. The molecular weight excluding hydrogens is 279 g/mol. The molecule has 0 radical (unpaired) electrons. The highest BCUT2D eigenvalue weighted by Gasteiger charge is 2.31. The van der Waals surface area contributed by atoms with E-state index in [0.29, 0.717) is 12.3 Å². The fraction of sp³-hybridized carbons (Fsp3) is 0.308. The Morgan fingerprint density at radius 1 is 1.40 bits per heavy atom. The summed E-state index contributed by atoms with van der Waals surface area (Å²) in [7, 11) is 1.77. The second kappa shape index (κ2) is 5.24. The van der Waals surface area contributed by atoms with Gasteiger partial charge in [-0.1, -0.05) is 17.3 Å². The SMILES string of the molecule is CN1C(=O)CSC1c1cn(Cc2ccc(F)cc2)nn1. The smallest absolute Gasteiger partial charge is 0.233 e. The molecule has 0 spiro atoms. The Hall–Kier alpha value is -1.89. The van der Waals surface area contributed by atoms with Crippen LogP contribution in [0.1, 0.15) is 16.6 Å². The highest BCUT2D eigenvalue weighted by molar-refractivity contribution is 8.00. The van der Waals surface area contributed by atoms with E-state index in [-0.39, 0.29) is 17.1 Å². The molecule has 1 aliphatic rings. The second-order valence-corrected chi connectivity index (χ2v) is 5.70. The van der Waals surface area contributed by atoms with E-state index in [1.807, 2.05) is 6.20 Å². The lowest BCUT2D eigenvalue weighted by molar-refractivity contribution is -0.126. The van der Waals surface area contributed by atoms with Crippen molar-refractivity contribution in [1.29, 1.82) is 0 Å². The number of rotatable bonds is 3. The molecule has 1 aliphatic heterocycles. The van der Waals surface area contributed by atoms with Gasteiger partial charge in [0.05, 0.1) is 18.5 Å². The molecule has 0 aliphatic carbocycles. The highest BCUT2D eigenvalue weighted by Crippen LogP contribution is 2.35. The zero-order valence-electron chi connectivity index (χ0n) is 10.9. The third-order valence-electron chi connectivity index (χ3n) is 3.18. The lowest BCUT2D eigenvalue weighted by Gasteiger charge is -2.15. The Morgan fingerprint density at radius 2 is 2.15 bits per heavy atom. The molecule has 7 heteroatoms. The topological polar surface area (TPSA) is 51.0 Å². The van der Waals surface area contributed by atoms with Gasteiger partial charge >= 0.3 is 0 Å². The Morgan fingerprint density at radius 3 is 2.80 bits per heavy atom. The van der Waals surface area contributed by atoms with Gasteiger partial charge in [0.2, 0.25) is 5.91 Å². The van der Waals surface area contributed by atoms with E-state index >= 15 is 0 Å². The summed E-state index contributed by atoms with van der Waals surface area (Å²) in [5.41, 5.74) is 1.72. The van der Waals surface area contributed by atoms with Crippen LogP contribution in [0.2, 0.25) is 0 Å². The Balaban J connectivity index is 1.74. The number of hydrogen-bond donors (Lipinski definition) is 0. The summed E-state index contributed by atoms with van der Waals surface area (Å²) in [6, 6.07) is 6.28. The summed E-state index contributed by atoms with van der Waals surface area (Å²) in [5, 5.41) is 8.12. The summed E-state index contributed by atoms with van der Waals surface area (Å²) >= 11 is 1.54. The van der Waals surface area contributed by atoms with E-state index in [0.717, 1.165) is 11.3 Å². The van der Waals surface area contributed by atoms with Crippen molar-refractivity contribution in [2.45, 2.75) is 11.9 Å². The van der Waals surface area contributed by atoms with Crippen molar-refractivity contribution < 1.29 is 9.18 Å². The Bertz CT molecular complexity index is 628. The van der Waals surface area contributed by atoms with E-state index in [9.17, 15) is 9.18 Å². The average Bonchev–Trinajstić information content (AvgIpc) is 3.01. The number of amides is 1. The van der Waals surface area contributed by atoms with Crippen LogP contribution in [-0.2, 0) is 11.3 Å². The first-order valence-electron chi connectivity index (χ1n) is 6.15. The summed E-state index contributed by atoms with van der Waals surface area (Å²) in [6.07, 6.45) is 1.83. The second-order valence-electron chi connectivity index (χ2n) is 4.64. The molecule has 0 bridgehead atoms. The number of halogens is 1. The van der Waals surface area contributed by atoms with Gasteiger partial charge in [0.15, 0.2) is 0 Å². The third-order valence-corrected chi connectivity index (χ3v) is 4.46. The largest absolute Gasteiger partial charge is 0.327 e. The van der Waals surface area contributed by atoms with Crippen molar-refractivity contribution in [2.75, 3.05) is 12.8 Å². The summed E-state index contributed by atoms with van der Waals surface area (Å²) in [4.78, 5) is 13.2. The maximum absolute atomic E-state index is 12.8. The Kier molecular flexibility index (Phi) is 3.43. The van der Waals surface area contributed by atoms with E-state index in [4.69, 9.17) is 0 Å². The zero-order chi connectivity index (χ0) is 14.1. The van der Waals surface area contributed by atoms with Gasteiger partial charge in [-0.3, -0.25) is 4.79 Å². The normalized spacial score (nSPS) is 18.8. The van der Waals surface area contributed by atoms with Gasteiger partial charge in [-0.2, -0.15) is 0 Å². The molecule has 0 saturated carbocycles. The van der Waals surface area contributed by atoms with Crippen molar-refractivity contribution in [3.8, 4) is 0 Å². The Labute approximate surface area is 119 Å². The van der Waals surface area contributed by atoms with Gasteiger partial charge in [-0.25, -0.2) is 9.07 Å². The zero-order valence-corrected chi connectivity index (χ0v) is 11.7. The van der Waals surface area contributed by atoms with Crippen molar-refractivity contribution in [3.05, 3.63) is 47.5 Å². The number of carbonyl (C=O) groups excluding carboxylic acids is 1. The van der Waals surface area contributed by atoms with Crippen LogP contribution in [0.3, 0.4) is 0 Å². The molecule has 2 aromatic rings. The van der Waals surface area contributed by atoms with E-state index in [2.05, 4.69) is 10.3 Å². The number of aromatic nitrogens is 3. The maximum atomic E-state index is 12.8. The minimum absolute atomic E-state index is 0.0653. The maximum Gasteiger partial charge on any atom is 0.233 e. The fourth-order valence-corrected chi connectivity index (χ4v) is 3.18. The molecule has 0 N–H and O–H groups in total.